The van der Waals surface area contributed by atoms with Gasteiger partial charge in [0.1, 0.15) is 6.04 Å². The van der Waals surface area contributed by atoms with Gasteiger partial charge >= 0.3 is 5.97 Å². The Balaban J connectivity index is 1.93. The number of carbonyl (C=O) groups excluding carboxylic acids is 3. The molecule has 1 heterocycles. The average Bonchev–Trinajstić information content (AvgIpc) is 3.21. The fourth-order valence-electron chi connectivity index (χ4n) is 2.38. The molecule has 0 radical (unpaired) electrons. The number of alkyl halides is 2. The van der Waals surface area contributed by atoms with Crippen LogP contribution in [0.15, 0.2) is 52.0 Å². The molecule has 7 nitrogen and oxygen atoms in total. The van der Waals surface area contributed by atoms with Crippen molar-refractivity contribution in [3.8, 4) is 0 Å². The molecule has 2 aromatic rings. The van der Waals surface area contributed by atoms with Crippen molar-refractivity contribution in [2.24, 2.45) is 5.92 Å². The van der Waals surface area contributed by atoms with Gasteiger partial charge in [-0.15, -0.1) is 0 Å². The highest BCUT2D eigenvalue weighted by Crippen LogP contribution is 2.26. The predicted molar refractivity (Wildman–Crippen MR) is 107 cm³/mol. The van der Waals surface area contributed by atoms with Gasteiger partial charge in [-0.25, -0.2) is 4.79 Å². The molecule has 0 aliphatic carbocycles. The number of nitrogens with one attached hydrogen (secondary N) is 2. The third-order valence-electron chi connectivity index (χ3n) is 3.96. The summed E-state index contributed by atoms with van der Waals surface area (Å²) in [4.78, 5) is 37.3. The summed E-state index contributed by atoms with van der Waals surface area (Å²) >= 11 is 0.394. The molecule has 0 fully saturated rings. The molecule has 0 saturated heterocycles. The maximum atomic E-state index is 12.5. The lowest BCUT2D eigenvalue weighted by molar-refractivity contribution is -0.156. The van der Waals surface area contributed by atoms with Crippen molar-refractivity contribution in [2.75, 3.05) is 5.32 Å². The number of furan rings is 1. The molecule has 2 amide bonds. The van der Waals surface area contributed by atoms with Gasteiger partial charge in [0.15, 0.2) is 11.9 Å². The highest BCUT2D eigenvalue weighted by molar-refractivity contribution is 7.99. The van der Waals surface area contributed by atoms with E-state index in [1.54, 1.807) is 19.9 Å². The number of thioether (sulfide) groups is 1. The molecule has 1 aromatic carbocycles. The highest BCUT2D eigenvalue weighted by Gasteiger charge is 2.29. The fraction of sp³-hybridized carbons (Fsp3) is 0.350. The fourth-order valence-corrected chi connectivity index (χ4v) is 2.88. The Morgan fingerprint density at radius 2 is 1.73 bits per heavy atom. The van der Waals surface area contributed by atoms with Gasteiger partial charge in [-0.3, -0.25) is 9.59 Å². The first kappa shape index (κ1) is 23.4. The molecule has 0 bridgehead atoms. The molecule has 0 aliphatic heterocycles. The molecule has 0 spiro atoms. The average molecular weight is 440 g/mol. The standard InChI is InChI=1S/C20H22F2N2O5S/c1-11(2)16(24-18(26)15-5-4-10-28-15)19(27)29-12(3)17(25)23-13-6-8-14(9-7-13)30-20(21)22/h4-12,16,20H,1-3H3,(H,23,25)(H,24,26)/t12-,16+/m1/s1. The lowest BCUT2D eigenvalue weighted by Crippen LogP contribution is -2.47. The lowest BCUT2D eigenvalue weighted by atomic mass is 10.0. The number of anilines is 1. The number of ether oxygens (including phenoxy) is 1. The van der Waals surface area contributed by atoms with E-state index in [0.717, 1.165) is 0 Å². The summed E-state index contributed by atoms with van der Waals surface area (Å²) in [5, 5.41) is 5.08. The zero-order valence-corrected chi connectivity index (χ0v) is 17.4. The van der Waals surface area contributed by atoms with E-state index >= 15 is 0 Å². The van der Waals surface area contributed by atoms with Gasteiger partial charge in [0.05, 0.1) is 6.26 Å². The molecule has 0 unspecified atom stereocenters. The molecule has 2 N–H and O–H groups in total. The summed E-state index contributed by atoms with van der Waals surface area (Å²) in [7, 11) is 0. The third kappa shape index (κ3) is 6.87. The van der Waals surface area contributed by atoms with E-state index in [9.17, 15) is 23.2 Å². The van der Waals surface area contributed by atoms with Crippen molar-refractivity contribution in [3.63, 3.8) is 0 Å². The SMILES string of the molecule is CC(C)[C@H](NC(=O)c1ccco1)C(=O)O[C@H](C)C(=O)Nc1ccc(SC(F)F)cc1. The summed E-state index contributed by atoms with van der Waals surface area (Å²) < 4.78 is 34.9. The highest BCUT2D eigenvalue weighted by atomic mass is 32.2. The lowest BCUT2D eigenvalue weighted by Gasteiger charge is -2.22. The van der Waals surface area contributed by atoms with Crippen molar-refractivity contribution in [2.45, 2.75) is 43.6 Å². The summed E-state index contributed by atoms with van der Waals surface area (Å²) in [5.41, 5.74) is 0.369. The first-order chi connectivity index (χ1) is 14.2. The molecule has 0 saturated carbocycles. The number of hydrogen-bond donors (Lipinski definition) is 2. The van der Waals surface area contributed by atoms with Crippen LogP contribution >= 0.6 is 11.8 Å². The minimum atomic E-state index is -2.54. The monoisotopic (exact) mass is 440 g/mol. The van der Waals surface area contributed by atoms with Gasteiger partial charge < -0.3 is 19.8 Å². The van der Waals surface area contributed by atoms with E-state index in [2.05, 4.69) is 10.6 Å². The number of carbonyl (C=O) groups is 3. The number of halogens is 2. The van der Waals surface area contributed by atoms with Gasteiger partial charge in [0.25, 0.3) is 17.6 Å². The molecular weight excluding hydrogens is 418 g/mol. The minimum Gasteiger partial charge on any atom is -0.459 e. The smallest absolute Gasteiger partial charge is 0.329 e. The van der Waals surface area contributed by atoms with Gasteiger partial charge in [-0.05, 0) is 49.2 Å². The van der Waals surface area contributed by atoms with Crippen LogP contribution in [0.5, 0.6) is 0 Å². The Morgan fingerprint density at radius 3 is 2.27 bits per heavy atom. The zero-order valence-electron chi connectivity index (χ0n) is 16.6. The molecule has 30 heavy (non-hydrogen) atoms. The van der Waals surface area contributed by atoms with Crippen LogP contribution in [0.4, 0.5) is 14.5 Å². The second-order valence-corrected chi connectivity index (χ2v) is 7.71. The van der Waals surface area contributed by atoms with Crippen molar-refractivity contribution in [1.82, 2.24) is 5.32 Å². The number of benzene rings is 1. The first-order valence-electron chi connectivity index (χ1n) is 9.08. The van der Waals surface area contributed by atoms with Crippen molar-refractivity contribution in [3.05, 3.63) is 48.4 Å². The largest absolute Gasteiger partial charge is 0.459 e. The summed E-state index contributed by atoms with van der Waals surface area (Å²) in [6, 6.07) is 7.85. The van der Waals surface area contributed by atoms with E-state index in [-0.39, 0.29) is 11.7 Å². The van der Waals surface area contributed by atoms with Crippen molar-refractivity contribution in [1.29, 1.82) is 0 Å². The van der Waals surface area contributed by atoms with Crippen LogP contribution in [0, 0.1) is 5.92 Å². The van der Waals surface area contributed by atoms with Crippen LogP contribution < -0.4 is 10.6 Å². The van der Waals surface area contributed by atoms with Gasteiger partial charge in [-0.1, -0.05) is 25.6 Å². The van der Waals surface area contributed by atoms with Crippen LogP contribution in [0.2, 0.25) is 0 Å². The van der Waals surface area contributed by atoms with Crippen molar-refractivity contribution >= 4 is 35.2 Å². The van der Waals surface area contributed by atoms with E-state index in [4.69, 9.17) is 9.15 Å². The van der Waals surface area contributed by atoms with Crippen LogP contribution in [0.1, 0.15) is 31.3 Å². The Morgan fingerprint density at radius 1 is 1.07 bits per heavy atom. The van der Waals surface area contributed by atoms with Crippen LogP contribution in [0.3, 0.4) is 0 Å². The first-order valence-corrected chi connectivity index (χ1v) is 9.96. The molecule has 162 valence electrons. The Bertz CT molecular complexity index is 857. The summed E-state index contributed by atoms with van der Waals surface area (Å²) in [6.45, 7) is 4.83. The number of hydrogen-bond acceptors (Lipinski definition) is 6. The molecule has 2 rings (SSSR count). The molecule has 1 aromatic heterocycles. The van der Waals surface area contributed by atoms with Gasteiger partial charge in [0.2, 0.25) is 0 Å². The topological polar surface area (TPSA) is 97.6 Å². The number of amides is 2. The van der Waals surface area contributed by atoms with E-state index in [0.29, 0.717) is 22.3 Å². The Kier molecular flexibility index (Phi) is 8.40. The number of esters is 1. The second-order valence-electron chi connectivity index (χ2n) is 6.64. The molecular formula is C20H22F2N2O5S. The van der Waals surface area contributed by atoms with Gasteiger partial charge in [0, 0.05) is 10.6 Å². The summed E-state index contributed by atoms with van der Waals surface area (Å²) in [5.74, 6) is -4.73. The van der Waals surface area contributed by atoms with E-state index in [1.807, 2.05) is 0 Å². The van der Waals surface area contributed by atoms with Crippen LogP contribution in [-0.2, 0) is 14.3 Å². The van der Waals surface area contributed by atoms with E-state index in [1.165, 1.54) is 43.5 Å². The molecule has 10 heteroatoms. The molecule has 0 aliphatic rings. The van der Waals surface area contributed by atoms with Crippen molar-refractivity contribution < 1.29 is 32.3 Å². The van der Waals surface area contributed by atoms with Crippen LogP contribution in [0.25, 0.3) is 0 Å². The van der Waals surface area contributed by atoms with E-state index < -0.39 is 35.7 Å². The maximum absolute atomic E-state index is 12.5. The van der Waals surface area contributed by atoms with Gasteiger partial charge in [-0.2, -0.15) is 8.78 Å². The second kappa shape index (κ2) is 10.8. The molecule has 2 atom stereocenters. The Labute approximate surface area is 176 Å². The minimum absolute atomic E-state index is 0.0488. The third-order valence-corrected chi connectivity index (χ3v) is 4.68. The quantitative estimate of drug-likeness (QED) is 0.453. The predicted octanol–water partition coefficient (Wildman–Crippen LogP) is 3.92. The summed E-state index contributed by atoms with van der Waals surface area (Å²) in [6.07, 6.45) is 0.192. The Hall–Kier alpha value is -2.88. The van der Waals surface area contributed by atoms with Crippen LogP contribution in [-0.4, -0.2) is 35.7 Å². The zero-order chi connectivity index (χ0) is 22.3. The number of rotatable bonds is 9. The normalized spacial score (nSPS) is 13.0. The maximum Gasteiger partial charge on any atom is 0.329 e.